The molecule has 706 valence electrons. The fourth-order valence-corrected chi connectivity index (χ4v) is 37.1. The number of carbonyl (C=O) groups is 1. The van der Waals surface area contributed by atoms with Gasteiger partial charge in [-0.15, -0.1) is 0 Å². The second kappa shape index (κ2) is 47.1. The van der Waals surface area contributed by atoms with Crippen molar-refractivity contribution in [1.29, 1.82) is 0 Å². The Kier molecular flexibility index (Phi) is 36.3. The minimum absolute atomic E-state index is 0.00564. The second-order valence-corrected chi connectivity index (χ2v) is 54.3. The first kappa shape index (κ1) is 103. The van der Waals surface area contributed by atoms with Crippen LogP contribution >= 0.6 is 16.9 Å². The Balaban J connectivity index is 0.880. The van der Waals surface area contributed by atoms with E-state index < -0.39 is 205 Å². The van der Waals surface area contributed by atoms with E-state index >= 15 is 4.79 Å². The molecule has 5 aliphatic heterocycles. The second-order valence-electron chi connectivity index (χ2n) is 38.5. The number of azide groups is 3. The number of esters is 1. The number of benzene rings is 8. The Bertz CT molecular complexity index is 5110. The van der Waals surface area contributed by atoms with Crippen molar-refractivity contribution in [3.05, 3.63) is 285 Å². The van der Waals surface area contributed by atoms with E-state index in [1.165, 1.54) is 0 Å². The molecule has 5 fully saturated rings. The average Bonchev–Trinajstić information content (AvgIpc) is 0.746. The SMILES string of the molecule is CC1[C@H](O[C@@H]2C(CO[Si](c3ccccc3)(c3ccccc3)C(C)(C)C)O[C@@H](C)C(N=[N+]=[N-])[C@H]2PBB=O)OC(CO)[C@@H](O[C@@H]2OC(CO[Si](c3ccccc3)(c3ccccc3)C(C)(C)C)[C@@H](O[C@@H]3OC(CO)[C@@H](O[C@@H]4OC(CO[Si](c5ccccc5)(c5ccccc5)C(C)(C)C)[C@@H](C)[C@H](PBB=O)C4N=[N+]=[N-])[C@H](C)C3OC(=O)c3ccccc3)[C@H](C)C2N=[N+]=[N-])[C@H]1OCc1ccccc1. The number of carbonyl (C=O) groups excluding carboxylic acids is 1. The Morgan fingerprint density at radius 2 is 0.731 bits per heavy atom. The van der Waals surface area contributed by atoms with Gasteiger partial charge in [0.15, 0.2) is 0 Å². The third-order valence-electron chi connectivity index (χ3n) is 27.1. The smallest absolute Gasteiger partial charge is 0.0622 e. The molecule has 0 bridgehead atoms. The molecule has 0 spiro atoms. The van der Waals surface area contributed by atoms with Crippen molar-refractivity contribution in [2.75, 3.05) is 33.0 Å². The molecule has 27 atom stereocenters. The van der Waals surface area contributed by atoms with E-state index in [4.69, 9.17) is 65.4 Å². The zero-order valence-electron chi connectivity index (χ0n) is 78.7. The van der Waals surface area contributed by atoms with Crippen molar-refractivity contribution in [3.8, 4) is 0 Å². The van der Waals surface area contributed by atoms with E-state index in [-0.39, 0.29) is 68.6 Å². The monoisotopic (exact) mass is 1910 g/mol. The van der Waals surface area contributed by atoms with Crippen LogP contribution in [0.4, 0.5) is 0 Å². The number of ether oxygens (including phenoxy) is 11. The molecule has 5 heterocycles. The number of nitrogens with zero attached hydrogens (tertiary/aromatic N) is 9. The van der Waals surface area contributed by atoms with Gasteiger partial charge in [0, 0.05) is 4.91 Å². The summed E-state index contributed by atoms with van der Waals surface area (Å²) in [6.45, 7) is 27.6. The average molecular weight is 1910 g/mol. The molecule has 5 aliphatic rings. The number of aliphatic hydroxyl groups excluding tert-OH is 2. The standard InChI is InChI=1S/C97H125B4N9O19P2Si3/c1-61-76(58-117-132(95(6,7)8,68-43-27-17-28-44-68)69-45-29-18-30-46-69)123-93(81(107-110-104)88(61)130-100-98-114)126-83-63(3)85(125-90(113)67-41-25-16-26-42-67)94(122-74(83)55-111)127-82-62(2)79(105-108-102)92(124-77(82)59-118-133(96(9,10)11,70-47-31-19-32-48-70)71-49-33-20-34-50-71)128-86-75(56-112)121-91(64(4)84(86)116-57-66-39-23-15-24-40-66)129-87-78(120-65(5)80(106-109-103)89(87)131-101-99-115)60-119-134(97(12,13)14,72-51-35-21-36-52-72)73-53-37-22-38-54-73/h15-54,61-65,74-89,91-94,100-101,111-112,130-131H,55-60H2,1-14H3/t61-,62-,63+,64?,65+,74?,75?,76?,77?,78?,79?,80?,81?,82+,83+,84+,85?,86-,87-,88+,89-,91+,92+,93+,94+/m1/s1. The Labute approximate surface area is 795 Å². The van der Waals surface area contributed by atoms with E-state index in [2.05, 4.69) is 165 Å². The predicted octanol–water partition coefficient (Wildman–Crippen LogP) is 13.0. The van der Waals surface area contributed by atoms with Gasteiger partial charge in [-0.2, -0.15) is 0 Å². The van der Waals surface area contributed by atoms with Gasteiger partial charge in [-0.3, -0.25) is 0 Å². The quantitative estimate of drug-likeness (QED) is 0.00902. The Morgan fingerprint density at radius 3 is 1.16 bits per heavy atom. The summed E-state index contributed by atoms with van der Waals surface area (Å²) < 4.78 is 128. The first-order valence-corrected chi connectivity index (χ1v) is 54.6. The van der Waals surface area contributed by atoms with Crippen LogP contribution in [0.3, 0.4) is 0 Å². The Hall–Kier alpha value is -8.07. The fraction of sp³-hybridized carbons (Fsp3) is 0.495. The summed E-state index contributed by atoms with van der Waals surface area (Å²) in [6.07, 6.45) is -19.1. The molecule has 8 aromatic carbocycles. The molecule has 28 nitrogen and oxygen atoms in total. The van der Waals surface area contributed by atoms with E-state index in [9.17, 15) is 36.2 Å². The van der Waals surface area contributed by atoms with Crippen molar-refractivity contribution in [3.63, 3.8) is 0 Å². The molecule has 13 rings (SSSR count). The maximum absolute atomic E-state index is 15.1. The third-order valence-corrected chi connectivity index (χ3v) is 45.4. The predicted molar refractivity (Wildman–Crippen MR) is 531 cm³/mol. The summed E-state index contributed by atoms with van der Waals surface area (Å²) in [5.74, 6) is -3.89. The van der Waals surface area contributed by atoms with Gasteiger partial charge in [0.05, 0.1) is 6.61 Å². The van der Waals surface area contributed by atoms with Gasteiger partial charge >= 0.3 is 601 Å². The summed E-state index contributed by atoms with van der Waals surface area (Å²) in [4.78, 5) is 25.3. The van der Waals surface area contributed by atoms with Crippen LogP contribution in [0.5, 0.6) is 0 Å². The normalized spacial score (nSPS) is 29.4. The summed E-state index contributed by atoms with van der Waals surface area (Å²) in [7, 11) is -8.57. The first-order chi connectivity index (χ1) is 64.6. The molecule has 12 unspecified atom stereocenters. The number of hydrogen-bond acceptors (Lipinski definition) is 22. The minimum atomic E-state index is -3.56. The first-order valence-electron chi connectivity index (χ1n) is 46.3. The van der Waals surface area contributed by atoms with Gasteiger partial charge in [0.2, 0.25) is 0 Å². The molecule has 0 radical (unpaired) electrons. The molecule has 0 saturated carbocycles. The van der Waals surface area contributed by atoms with Crippen LogP contribution < -0.4 is 31.1 Å². The molecule has 5 saturated heterocycles. The Morgan fingerprint density at radius 1 is 0.388 bits per heavy atom. The minimum Gasteiger partial charge on any atom is -0.0622 e. The maximum atomic E-state index is 15.1. The van der Waals surface area contributed by atoms with Gasteiger partial charge in [0.1, 0.15) is 6.10 Å². The molecule has 0 amide bonds. The van der Waals surface area contributed by atoms with E-state index in [1.807, 2.05) is 167 Å². The molecular weight excluding hydrogens is 1780 g/mol. The number of aliphatic hydroxyl groups is 2. The van der Waals surface area contributed by atoms with Crippen LogP contribution in [0.1, 0.15) is 113 Å². The van der Waals surface area contributed by atoms with Crippen LogP contribution in [0.15, 0.2) is 258 Å². The van der Waals surface area contributed by atoms with Crippen LogP contribution in [-0.2, 0) is 81.4 Å². The van der Waals surface area contributed by atoms with Crippen LogP contribution in [-0.4, -0.2) is 230 Å². The molecule has 0 aromatic heterocycles. The summed E-state index contributed by atoms with van der Waals surface area (Å²) in [5.41, 5.74) is 31.8. The van der Waals surface area contributed by atoms with Crippen LogP contribution in [0.25, 0.3) is 31.3 Å². The molecule has 2 N–H and O–H groups in total. The van der Waals surface area contributed by atoms with Crippen molar-refractivity contribution in [2.45, 2.75) is 247 Å². The van der Waals surface area contributed by atoms with Gasteiger partial charge < -0.3 is 4.43 Å². The molecule has 8 aromatic rings. The topological polar surface area (TPSA) is 367 Å². The van der Waals surface area contributed by atoms with E-state index in [1.54, 1.807) is 37.3 Å². The molecular formula is C97H125B4N9O19P2Si3. The number of hydrogen-bond donors (Lipinski definition) is 2. The van der Waals surface area contributed by atoms with Crippen molar-refractivity contribution < 1.29 is 89.8 Å². The van der Waals surface area contributed by atoms with Gasteiger partial charge in [-0.1, -0.05) is 130 Å². The zero-order chi connectivity index (χ0) is 95.5. The van der Waals surface area contributed by atoms with E-state index in [0.717, 1.165) is 50.8 Å². The summed E-state index contributed by atoms with van der Waals surface area (Å²) >= 11 is 0. The van der Waals surface area contributed by atoms with Gasteiger partial charge in [-0.05, 0) is 39.0 Å². The van der Waals surface area contributed by atoms with Crippen LogP contribution in [0, 0.1) is 23.7 Å². The molecule has 0 aliphatic carbocycles. The van der Waals surface area contributed by atoms with Crippen molar-refractivity contribution >= 4 is 107 Å². The van der Waals surface area contributed by atoms with Gasteiger partial charge in [0.25, 0.3) is 8.32 Å². The summed E-state index contributed by atoms with van der Waals surface area (Å²) in [6, 6.07) is 75.7. The van der Waals surface area contributed by atoms with Crippen molar-refractivity contribution in [1.82, 2.24) is 0 Å². The van der Waals surface area contributed by atoms with E-state index in [0.29, 0.717) is 0 Å². The van der Waals surface area contributed by atoms with Crippen molar-refractivity contribution in [2.24, 2.45) is 39.0 Å². The molecule has 37 heteroatoms. The zero-order valence-corrected chi connectivity index (χ0v) is 83.7. The fourth-order valence-electron chi connectivity index (χ4n) is 20.5. The summed E-state index contributed by atoms with van der Waals surface area (Å²) in [5, 5.41) is 42.0. The van der Waals surface area contributed by atoms with Crippen LogP contribution in [0.2, 0.25) is 15.1 Å². The number of rotatable bonds is 39. The van der Waals surface area contributed by atoms with Gasteiger partial charge in [-0.25, -0.2) is 0 Å². The third kappa shape index (κ3) is 22.7. The molecule has 134 heavy (non-hydrogen) atoms.